The van der Waals surface area contributed by atoms with Crippen LogP contribution in [0.15, 0.2) is 78.4 Å². The number of aromatic carboxylic acids is 1. The second-order valence-corrected chi connectivity index (χ2v) is 7.63. The van der Waals surface area contributed by atoms with E-state index in [9.17, 15) is 19.2 Å². The fourth-order valence-corrected chi connectivity index (χ4v) is 3.43. The Morgan fingerprint density at radius 1 is 1.00 bits per heavy atom. The first-order valence-corrected chi connectivity index (χ1v) is 10.4. The molecule has 0 atom stereocenters. The molecule has 0 spiro atoms. The van der Waals surface area contributed by atoms with E-state index >= 15 is 0 Å². The Hall–Kier alpha value is -4.72. The number of carboxylic acids is 1. The topological polar surface area (TPSA) is 113 Å². The number of imide groups is 2. The van der Waals surface area contributed by atoms with Crippen molar-refractivity contribution in [2.75, 3.05) is 4.90 Å². The molecule has 3 aromatic rings. The molecule has 0 aliphatic carbocycles. The number of nitrogens with one attached hydrogen (secondary N) is 1. The van der Waals surface area contributed by atoms with Crippen molar-refractivity contribution in [3.05, 3.63) is 101 Å². The van der Waals surface area contributed by atoms with E-state index in [-0.39, 0.29) is 17.7 Å². The fraction of sp³-hybridized carbons (Fsp3) is 0.0769. The summed E-state index contributed by atoms with van der Waals surface area (Å²) in [5.41, 5.74) is 2.32. The van der Waals surface area contributed by atoms with Crippen molar-refractivity contribution in [2.45, 2.75) is 13.5 Å². The van der Waals surface area contributed by atoms with Crippen molar-refractivity contribution in [1.82, 2.24) is 5.32 Å². The third-order valence-electron chi connectivity index (χ3n) is 5.18. The predicted molar refractivity (Wildman–Crippen MR) is 124 cm³/mol. The largest absolute Gasteiger partial charge is 0.488 e. The van der Waals surface area contributed by atoms with Crippen LogP contribution in [-0.4, -0.2) is 28.9 Å². The van der Waals surface area contributed by atoms with Crippen LogP contribution >= 0.6 is 0 Å². The van der Waals surface area contributed by atoms with Crippen LogP contribution in [0.25, 0.3) is 6.08 Å². The summed E-state index contributed by atoms with van der Waals surface area (Å²) in [7, 11) is 0. The van der Waals surface area contributed by atoms with Gasteiger partial charge in [0.2, 0.25) is 0 Å². The highest BCUT2D eigenvalue weighted by Gasteiger charge is 2.36. The van der Waals surface area contributed by atoms with Crippen molar-refractivity contribution < 1.29 is 29.0 Å². The highest BCUT2D eigenvalue weighted by molar-refractivity contribution is 6.39. The number of urea groups is 1. The first-order valence-electron chi connectivity index (χ1n) is 10.4. The Balaban J connectivity index is 1.62. The molecule has 1 heterocycles. The normalized spacial score (nSPS) is 14.8. The minimum atomic E-state index is -1.04. The molecule has 170 valence electrons. The SMILES string of the molecule is Cc1ccc(N2C(=O)NC(=O)C(=Cc3ccccc3OCc3cccc(C(=O)O)c3)C2=O)cc1. The maximum Gasteiger partial charge on any atom is 0.335 e. The van der Waals surface area contributed by atoms with Crippen molar-refractivity contribution in [1.29, 1.82) is 0 Å². The monoisotopic (exact) mass is 456 g/mol. The smallest absolute Gasteiger partial charge is 0.335 e. The van der Waals surface area contributed by atoms with Crippen LogP contribution < -0.4 is 15.0 Å². The van der Waals surface area contributed by atoms with Gasteiger partial charge in [0.15, 0.2) is 0 Å². The molecule has 4 rings (SSSR count). The third-order valence-corrected chi connectivity index (χ3v) is 5.18. The Bertz CT molecular complexity index is 1330. The minimum Gasteiger partial charge on any atom is -0.488 e. The Kier molecular flexibility index (Phi) is 6.22. The van der Waals surface area contributed by atoms with E-state index in [1.807, 2.05) is 6.92 Å². The fourth-order valence-electron chi connectivity index (χ4n) is 3.43. The number of anilines is 1. The quantitative estimate of drug-likeness (QED) is 0.429. The number of nitrogens with zero attached hydrogens (tertiary/aromatic N) is 1. The number of carbonyl (C=O) groups excluding carboxylic acids is 3. The van der Waals surface area contributed by atoms with Gasteiger partial charge in [-0.3, -0.25) is 14.9 Å². The molecule has 0 bridgehead atoms. The van der Waals surface area contributed by atoms with E-state index in [1.54, 1.807) is 60.7 Å². The van der Waals surface area contributed by atoms with E-state index < -0.39 is 23.8 Å². The molecule has 1 saturated heterocycles. The van der Waals surface area contributed by atoms with Gasteiger partial charge in [0.25, 0.3) is 11.8 Å². The zero-order valence-corrected chi connectivity index (χ0v) is 18.1. The van der Waals surface area contributed by atoms with Gasteiger partial charge in [-0.25, -0.2) is 14.5 Å². The maximum atomic E-state index is 13.1. The van der Waals surface area contributed by atoms with E-state index in [4.69, 9.17) is 9.84 Å². The van der Waals surface area contributed by atoms with Gasteiger partial charge >= 0.3 is 12.0 Å². The molecular formula is C26H20N2O6. The van der Waals surface area contributed by atoms with E-state index in [1.165, 1.54) is 18.2 Å². The second kappa shape index (κ2) is 9.41. The zero-order chi connectivity index (χ0) is 24.2. The van der Waals surface area contributed by atoms with Gasteiger partial charge in [0.05, 0.1) is 11.3 Å². The lowest BCUT2D eigenvalue weighted by molar-refractivity contribution is -0.122. The molecule has 0 saturated carbocycles. The number of para-hydroxylation sites is 1. The Morgan fingerprint density at radius 3 is 2.47 bits per heavy atom. The molecule has 0 aromatic heterocycles. The number of hydrogen-bond acceptors (Lipinski definition) is 5. The van der Waals surface area contributed by atoms with Crippen molar-refractivity contribution in [3.8, 4) is 5.75 Å². The summed E-state index contributed by atoms with van der Waals surface area (Å²) < 4.78 is 5.85. The lowest BCUT2D eigenvalue weighted by Crippen LogP contribution is -2.54. The van der Waals surface area contributed by atoms with Gasteiger partial charge in [-0.2, -0.15) is 0 Å². The van der Waals surface area contributed by atoms with Gasteiger partial charge in [-0.15, -0.1) is 0 Å². The number of hydrogen-bond donors (Lipinski definition) is 2. The van der Waals surface area contributed by atoms with Crippen LogP contribution in [-0.2, 0) is 16.2 Å². The van der Waals surface area contributed by atoms with Gasteiger partial charge < -0.3 is 9.84 Å². The van der Waals surface area contributed by atoms with Crippen LogP contribution in [0.5, 0.6) is 5.75 Å². The molecule has 4 amide bonds. The molecule has 1 aliphatic heterocycles. The lowest BCUT2D eigenvalue weighted by atomic mass is 10.1. The van der Waals surface area contributed by atoms with Crippen LogP contribution in [0.4, 0.5) is 10.5 Å². The van der Waals surface area contributed by atoms with Crippen LogP contribution in [0.2, 0.25) is 0 Å². The minimum absolute atomic E-state index is 0.0788. The summed E-state index contributed by atoms with van der Waals surface area (Å²) in [4.78, 5) is 50.1. The number of ether oxygens (including phenoxy) is 1. The van der Waals surface area contributed by atoms with Crippen molar-refractivity contribution in [2.24, 2.45) is 0 Å². The Morgan fingerprint density at radius 2 is 1.74 bits per heavy atom. The summed E-state index contributed by atoms with van der Waals surface area (Å²) in [5, 5.41) is 11.4. The number of benzene rings is 3. The number of rotatable bonds is 6. The molecule has 34 heavy (non-hydrogen) atoms. The summed E-state index contributed by atoms with van der Waals surface area (Å²) in [6.45, 7) is 1.96. The summed E-state index contributed by atoms with van der Waals surface area (Å²) in [6, 6.07) is 19.1. The molecule has 1 fully saturated rings. The number of carbonyl (C=O) groups is 4. The van der Waals surface area contributed by atoms with Crippen LogP contribution in [0.1, 0.15) is 27.0 Å². The number of aryl methyl sites for hydroxylation is 1. The molecule has 0 unspecified atom stereocenters. The van der Waals surface area contributed by atoms with Crippen LogP contribution in [0.3, 0.4) is 0 Å². The van der Waals surface area contributed by atoms with Gasteiger partial charge in [-0.05, 0) is 48.9 Å². The number of amides is 4. The zero-order valence-electron chi connectivity index (χ0n) is 18.1. The summed E-state index contributed by atoms with van der Waals surface area (Å²) >= 11 is 0. The summed E-state index contributed by atoms with van der Waals surface area (Å²) in [6.07, 6.45) is 1.37. The van der Waals surface area contributed by atoms with Crippen molar-refractivity contribution in [3.63, 3.8) is 0 Å². The molecular weight excluding hydrogens is 436 g/mol. The summed E-state index contributed by atoms with van der Waals surface area (Å²) in [5.74, 6) is -2.21. The standard InChI is InChI=1S/C26H20N2O6/c1-16-9-11-20(12-10-16)28-24(30)21(23(29)27-26(28)33)14-18-6-2-3-8-22(18)34-15-17-5-4-7-19(13-17)25(31)32/h2-14H,15H2,1H3,(H,31,32)(H,27,29,33). The van der Waals surface area contributed by atoms with Gasteiger partial charge in [-0.1, -0.05) is 48.0 Å². The van der Waals surface area contributed by atoms with E-state index in [0.29, 0.717) is 22.6 Å². The van der Waals surface area contributed by atoms with Crippen molar-refractivity contribution >= 4 is 35.6 Å². The average Bonchev–Trinajstić information content (AvgIpc) is 2.82. The van der Waals surface area contributed by atoms with Crippen LogP contribution in [0, 0.1) is 6.92 Å². The molecule has 0 radical (unpaired) electrons. The number of barbiturate groups is 1. The molecule has 3 aromatic carbocycles. The Labute approximate surface area is 195 Å². The first kappa shape index (κ1) is 22.5. The van der Waals surface area contributed by atoms with E-state index in [2.05, 4.69) is 5.32 Å². The first-order chi connectivity index (χ1) is 16.3. The van der Waals surface area contributed by atoms with E-state index in [0.717, 1.165) is 10.5 Å². The molecule has 8 heteroatoms. The highest BCUT2D eigenvalue weighted by atomic mass is 16.5. The van der Waals surface area contributed by atoms with Gasteiger partial charge in [0, 0.05) is 5.56 Å². The molecule has 2 N–H and O–H groups in total. The molecule has 8 nitrogen and oxygen atoms in total. The number of carboxylic acid groups (broad SMARTS) is 1. The third kappa shape index (κ3) is 4.71. The second-order valence-electron chi connectivity index (χ2n) is 7.63. The molecule has 1 aliphatic rings. The lowest BCUT2D eigenvalue weighted by Gasteiger charge is -2.26. The van der Waals surface area contributed by atoms with Gasteiger partial charge in [0.1, 0.15) is 17.9 Å². The predicted octanol–water partition coefficient (Wildman–Crippen LogP) is 3.94. The average molecular weight is 456 g/mol. The maximum absolute atomic E-state index is 13.1. The highest BCUT2D eigenvalue weighted by Crippen LogP contribution is 2.26.